The van der Waals surface area contributed by atoms with Crippen molar-refractivity contribution in [1.29, 1.82) is 0 Å². The highest BCUT2D eigenvalue weighted by atomic mass is 32.2. The van der Waals surface area contributed by atoms with Crippen LogP contribution < -0.4 is 4.74 Å². The maximum absolute atomic E-state index is 12.6. The first-order valence-electron chi connectivity index (χ1n) is 8.70. The van der Waals surface area contributed by atoms with Crippen LogP contribution in [-0.2, 0) is 10.5 Å². The standard InChI is InChI=1S/C21H19NO5S/c1-3-25-20(23)15-8-10-17(11-9-15)26-21(24)18-6-4-5-7-19(18)28-13-16-12-14(2)27-22-16/h4-12H,3,13H2,1-2H3. The van der Waals surface area contributed by atoms with Crippen LogP contribution in [0.1, 0.15) is 39.1 Å². The molecule has 28 heavy (non-hydrogen) atoms. The summed E-state index contributed by atoms with van der Waals surface area (Å²) in [5, 5.41) is 3.96. The van der Waals surface area contributed by atoms with Gasteiger partial charge in [0, 0.05) is 16.7 Å². The van der Waals surface area contributed by atoms with Gasteiger partial charge in [0.2, 0.25) is 0 Å². The van der Waals surface area contributed by atoms with E-state index in [-0.39, 0.29) is 0 Å². The van der Waals surface area contributed by atoms with Gasteiger partial charge in [-0.25, -0.2) is 9.59 Å². The number of thioether (sulfide) groups is 1. The Labute approximate surface area is 166 Å². The molecule has 1 heterocycles. The summed E-state index contributed by atoms with van der Waals surface area (Å²) in [4.78, 5) is 25.1. The van der Waals surface area contributed by atoms with Crippen molar-refractivity contribution in [3.05, 3.63) is 77.2 Å². The minimum absolute atomic E-state index is 0.304. The van der Waals surface area contributed by atoms with E-state index < -0.39 is 11.9 Å². The molecule has 2 aromatic carbocycles. The second-order valence-corrected chi connectivity index (χ2v) is 6.87. The average molecular weight is 397 g/mol. The fourth-order valence-electron chi connectivity index (χ4n) is 2.43. The predicted octanol–water partition coefficient (Wildman–Crippen LogP) is 4.67. The molecule has 144 valence electrons. The van der Waals surface area contributed by atoms with E-state index in [2.05, 4.69) is 5.16 Å². The number of ether oxygens (including phenoxy) is 2. The van der Waals surface area contributed by atoms with Gasteiger partial charge in [0.1, 0.15) is 11.5 Å². The maximum atomic E-state index is 12.6. The number of aryl methyl sites for hydroxylation is 1. The molecular formula is C21H19NO5S. The largest absolute Gasteiger partial charge is 0.462 e. The van der Waals surface area contributed by atoms with Gasteiger partial charge in [0.25, 0.3) is 0 Å². The zero-order valence-corrected chi connectivity index (χ0v) is 16.3. The number of esters is 2. The third-order valence-electron chi connectivity index (χ3n) is 3.74. The lowest BCUT2D eigenvalue weighted by Crippen LogP contribution is -2.10. The number of carbonyl (C=O) groups excluding carboxylic acids is 2. The smallest absolute Gasteiger partial charge is 0.344 e. The molecule has 0 aliphatic heterocycles. The third kappa shape index (κ3) is 5.01. The zero-order chi connectivity index (χ0) is 19.9. The Morgan fingerprint density at radius 3 is 2.50 bits per heavy atom. The van der Waals surface area contributed by atoms with E-state index in [1.165, 1.54) is 11.8 Å². The molecule has 0 saturated heterocycles. The molecule has 0 unspecified atom stereocenters. The quantitative estimate of drug-likeness (QED) is 0.326. The topological polar surface area (TPSA) is 78.6 Å². The molecule has 0 fully saturated rings. The Hall–Kier alpha value is -3.06. The Morgan fingerprint density at radius 1 is 1.07 bits per heavy atom. The summed E-state index contributed by atoms with van der Waals surface area (Å²) in [6, 6.07) is 15.3. The number of nitrogens with zero attached hydrogens (tertiary/aromatic N) is 1. The summed E-state index contributed by atoms with van der Waals surface area (Å²) in [5.74, 6) is 0.795. The van der Waals surface area contributed by atoms with E-state index in [1.807, 2.05) is 25.1 Å². The van der Waals surface area contributed by atoms with Crippen molar-refractivity contribution in [2.75, 3.05) is 6.61 Å². The normalized spacial score (nSPS) is 10.5. The number of rotatable bonds is 7. The molecule has 0 radical (unpaired) electrons. The highest BCUT2D eigenvalue weighted by molar-refractivity contribution is 7.98. The van der Waals surface area contributed by atoms with Gasteiger partial charge in [-0.05, 0) is 50.2 Å². The van der Waals surface area contributed by atoms with E-state index in [0.29, 0.717) is 29.2 Å². The lowest BCUT2D eigenvalue weighted by atomic mass is 10.2. The van der Waals surface area contributed by atoms with Gasteiger partial charge in [-0.1, -0.05) is 17.3 Å². The second-order valence-electron chi connectivity index (χ2n) is 5.85. The van der Waals surface area contributed by atoms with Gasteiger partial charge in [-0.3, -0.25) is 0 Å². The fourth-order valence-corrected chi connectivity index (χ4v) is 3.36. The molecule has 1 aromatic heterocycles. The minimum atomic E-state index is -0.469. The molecule has 0 bridgehead atoms. The summed E-state index contributed by atoms with van der Waals surface area (Å²) in [6.07, 6.45) is 0. The molecule has 0 aliphatic rings. The van der Waals surface area contributed by atoms with Crippen molar-refractivity contribution in [1.82, 2.24) is 5.16 Å². The maximum Gasteiger partial charge on any atom is 0.344 e. The number of aromatic nitrogens is 1. The molecule has 0 saturated carbocycles. The first kappa shape index (κ1) is 19.7. The van der Waals surface area contributed by atoms with Crippen LogP contribution in [0.25, 0.3) is 0 Å². The van der Waals surface area contributed by atoms with E-state index in [0.717, 1.165) is 16.3 Å². The van der Waals surface area contributed by atoms with Crippen LogP contribution in [0, 0.1) is 6.92 Å². The SMILES string of the molecule is CCOC(=O)c1ccc(OC(=O)c2ccccc2SCc2cc(C)on2)cc1. The zero-order valence-electron chi connectivity index (χ0n) is 15.5. The van der Waals surface area contributed by atoms with Crippen LogP contribution in [0.4, 0.5) is 0 Å². The first-order valence-corrected chi connectivity index (χ1v) is 9.68. The summed E-state index contributed by atoms with van der Waals surface area (Å²) in [6.45, 7) is 3.88. The number of hydrogen-bond acceptors (Lipinski definition) is 7. The number of carbonyl (C=O) groups is 2. The fraction of sp³-hybridized carbons (Fsp3) is 0.190. The summed E-state index contributed by atoms with van der Waals surface area (Å²) < 4.78 is 15.5. The molecular weight excluding hydrogens is 378 g/mol. The van der Waals surface area contributed by atoms with Crippen LogP contribution in [-0.4, -0.2) is 23.7 Å². The van der Waals surface area contributed by atoms with E-state index in [1.54, 1.807) is 43.3 Å². The minimum Gasteiger partial charge on any atom is -0.462 e. The van der Waals surface area contributed by atoms with Crippen molar-refractivity contribution < 1.29 is 23.6 Å². The summed E-state index contributed by atoms with van der Waals surface area (Å²) in [7, 11) is 0. The number of hydrogen-bond donors (Lipinski definition) is 0. The van der Waals surface area contributed by atoms with Gasteiger partial charge >= 0.3 is 11.9 Å². The summed E-state index contributed by atoms with van der Waals surface area (Å²) >= 11 is 1.48. The summed E-state index contributed by atoms with van der Waals surface area (Å²) in [5.41, 5.74) is 1.67. The first-order chi connectivity index (χ1) is 13.6. The van der Waals surface area contributed by atoms with E-state index >= 15 is 0 Å². The molecule has 6 nitrogen and oxygen atoms in total. The lowest BCUT2D eigenvalue weighted by Gasteiger charge is -2.09. The molecule has 0 N–H and O–H groups in total. The molecule has 3 rings (SSSR count). The Kier molecular flexibility index (Phi) is 6.49. The van der Waals surface area contributed by atoms with E-state index in [9.17, 15) is 9.59 Å². The van der Waals surface area contributed by atoms with Crippen molar-refractivity contribution in [2.45, 2.75) is 24.5 Å². The van der Waals surface area contributed by atoms with Gasteiger partial charge in [-0.15, -0.1) is 11.8 Å². The monoisotopic (exact) mass is 397 g/mol. The van der Waals surface area contributed by atoms with Crippen molar-refractivity contribution >= 4 is 23.7 Å². The Morgan fingerprint density at radius 2 is 1.82 bits per heavy atom. The lowest BCUT2D eigenvalue weighted by molar-refractivity contribution is 0.0526. The Bertz CT molecular complexity index is 965. The van der Waals surface area contributed by atoms with Crippen LogP contribution in [0.15, 0.2) is 64.0 Å². The van der Waals surface area contributed by atoms with Crippen molar-refractivity contribution in [2.24, 2.45) is 0 Å². The molecule has 0 aliphatic carbocycles. The highest BCUT2D eigenvalue weighted by Crippen LogP contribution is 2.27. The third-order valence-corrected chi connectivity index (χ3v) is 4.84. The molecule has 0 atom stereocenters. The van der Waals surface area contributed by atoms with Crippen LogP contribution in [0.3, 0.4) is 0 Å². The van der Waals surface area contributed by atoms with Crippen LogP contribution >= 0.6 is 11.8 Å². The number of benzene rings is 2. The van der Waals surface area contributed by atoms with Gasteiger partial charge in [-0.2, -0.15) is 0 Å². The van der Waals surface area contributed by atoms with Gasteiger partial charge in [0.05, 0.1) is 23.4 Å². The van der Waals surface area contributed by atoms with E-state index in [4.69, 9.17) is 14.0 Å². The molecule has 0 amide bonds. The van der Waals surface area contributed by atoms with Gasteiger partial charge in [0.15, 0.2) is 0 Å². The predicted molar refractivity (Wildman–Crippen MR) is 105 cm³/mol. The molecule has 7 heteroatoms. The second kappa shape index (κ2) is 9.23. The highest BCUT2D eigenvalue weighted by Gasteiger charge is 2.15. The average Bonchev–Trinajstić information content (AvgIpc) is 3.12. The van der Waals surface area contributed by atoms with Crippen molar-refractivity contribution in [3.8, 4) is 5.75 Å². The van der Waals surface area contributed by atoms with Crippen LogP contribution in [0.2, 0.25) is 0 Å². The molecule has 0 spiro atoms. The molecule has 3 aromatic rings. The van der Waals surface area contributed by atoms with Crippen molar-refractivity contribution in [3.63, 3.8) is 0 Å². The Balaban J connectivity index is 1.68. The van der Waals surface area contributed by atoms with Gasteiger partial charge < -0.3 is 14.0 Å². The van der Waals surface area contributed by atoms with Crippen LogP contribution in [0.5, 0.6) is 5.75 Å².